The molecule has 1 amide bonds. The maximum atomic E-state index is 11.3. The monoisotopic (exact) mass is 216 g/mol. The molecule has 1 aromatic heterocycles. The first-order valence-electron chi connectivity index (χ1n) is 4.03. The van der Waals surface area contributed by atoms with Gasteiger partial charge in [-0.1, -0.05) is 0 Å². The van der Waals surface area contributed by atoms with Gasteiger partial charge in [0.15, 0.2) is 0 Å². The molecule has 1 N–H and O–H groups in total. The van der Waals surface area contributed by atoms with Crippen molar-refractivity contribution >= 4 is 11.9 Å². The van der Waals surface area contributed by atoms with Gasteiger partial charge in [-0.25, -0.2) is 0 Å². The predicted molar refractivity (Wildman–Crippen MR) is 46.2 cm³/mol. The molecule has 0 aliphatic heterocycles. The number of pyridine rings is 1. The summed E-state index contributed by atoms with van der Waals surface area (Å²) in [6.45, 7) is 1.34. The van der Waals surface area contributed by atoms with Crippen molar-refractivity contribution in [3.8, 4) is 0 Å². The van der Waals surface area contributed by atoms with Crippen LogP contribution in [0.15, 0.2) is 24.5 Å². The quantitative estimate of drug-likeness (QED) is 0.521. The first kappa shape index (κ1) is 14.1. The van der Waals surface area contributed by atoms with Crippen LogP contribution in [0.1, 0.15) is 17.3 Å². The maximum absolute atomic E-state index is 11.3. The Kier molecular flexibility index (Phi) is 6.15. The summed E-state index contributed by atoms with van der Waals surface area (Å²) in [6, 6.07) is 2.13. The van der Waals surface area contributed by atoms with Crippen molar-refractivity contribution in [1.29, 1.82) is 0 Å². The second-order valence-electron chi connectivity index (χ2n) is 2.76. The molecular formula is C9H9N2NaO3. The SMILES string of the molecule is CC(NC(=O)c1cccnc1)C(=O)[O-].[Na+]. The van der Waals surface area contributed by atoms with Crippen LogP contribution in [0, 0.1) is 0 Å². The summed E-state index contributed by atoms with van der Waals surface area (Å²) < 4.78 is 0. The van der Waals surface area contributed by atoms with Gasteiger partial charge in [0.2, 0.25) is 0 Å². The molecule has 0 fully saturated rings. The zero-order chi connectivity index (χ0) is 10.6. The Balaban J connectivity index is 0.00000196. The van der Waals surface area contributed by atoms with Gasteiger partial charge in [0.1, 0.15) is 0 Å². The first-order valence-corrected chi connectivity index (χ1v) is 4.03. The van der Waals surface area contributed by atoms with Gasteiger partial charge >= 0.3 is 29.6 Å². The van der Waals surface area contributed by atoms with E-state index >= 15 is 0 Å². The maximum Gasteiger partial charge on any atom is 1.00 e. The molecule has 1 aromatic rings. The topological polar surface area (TPSA) is 82.1 Å². The Morgan fingerprint density at radius 3 is 2.67 bits per heavy atom. The number of hydrogen-bond donors (Lipinski definition) is 1. The van der Waals surface area contributed by atoms with Gasteiger partial charge in [0, 0.05) is 12.4 Å². The van der Waals surface area contributed by atoms with Crippen LogP contribution in [0.3, 0.4) is 0 Å². The van der Waals surface area contributed by atoms with E-state index in [0.717, 1.165) is 0 Å². The number of amides is 1. The Hall–Kier alpha value is -0.910. The molecular weight excluding hydrogens is 207 g/mol. The van der Waals surface area contributed by atoms with Crippen molar-refractivity contribution in [3.05, 3.63) is 30.1 Å². The molecule has 1 unspecified atom stereocenters. The summed E-state index contributed by atoms with van der Waals surface area (Å²) in [5, 5.41) is 12.6. The minimum atomic E-state index is -1.32. The van der Waals surface area contributed by atoms with E-state index in [1.165, 1.54) is 19.3 Å². The second-order valence-corrected chi connectivity index (χ2v) is 2.76. The van der Waals surface area contributed by atoms with Crippen molar-refractivity contribution in [3.63, 3.8) is 0 Å². The average molecular weight is 216 g/mol. The van der Waals surface area contributed by atoms with E-state index in [-0.39, 0.29) is 29.6 Å². The van der Waals surface area contributed by atoms with E-state index < -0.39 is 17.9 Å². The molecule has 0 spiro atoms. The zero-order valence-electron chi connectivity index (χ0n) is 8.56. The van der Waals surface area contributed by atoms with Crippen LogP contribution in [0.2, 0.25) is 0 Å². The smallest absolute Gasteiger partial charge is 0.548 e. The number of rotatable bonds is 3. The molecule has 6 heteroatoms. The summed E-state index contributed by atoms with van der Waals surface area (Å²) >= 11 is 0. The number of carbonyl (C=O) groups excluding carboxylic acids is 2. The summed E-state index contributed by atoms with van der Waals surface area (Å²) in [4.78, 5) is 25.4. The van der Waals surface area contributed by atoms with Crippen LogP contribution in [0.5, 0.6) is 0 Å². The standard InChI is InChI=1S/C9H10N2O3.Na/c1-6(9(13)14)11-8(12)7-3-2-4-10-5-7;/h2-6H,1H3,(H,11,12)(H,13,14);/q;+1/p-1. The number of carboxylic acid groups (broad SMARTS) is 1. The van der Waals surface area contributed by atoms with E-state index in [0.29, 0.717) is 5.56 Å². The van der Waals surface area contributed by atoms with Gasteiger partial charge in [-0.2, -0.15) is 0 Å². The summed E-state index contributed by atoms with van der Waals surface area (Å²) in [5.41, 5.74) is 0.320. The van der Waals surface area contributed by atoms with E-state index in [9.17, 15) is 14.7 Å². The normalized spacial score (nSPS) is 11.0. The fourth-order valence-electron chi connectivity index (χ4n) is 0.836. The Morgan fingerprint density at radius 1 is 1.53 bits per heavy atom. The second kappa shape index (κ2) is 6.55. The Bertz CT molecular complexity index is 342. The van der Waals surface area contributed by atoms with Crippen LogP contribution in [0.4, 0.5) is 0 Å². The predicted octanol–water partition coefficient (Wildman–Crippen LogP) is -4.05. The molecule has 0 saturated carbocycles. The molecule has 15 heavy (non-hydrogen) atoms. The number of carbonyl (C=O) groups is 2. The first-order chi connectivity index (χ1) is 6.61. The zero-order valence-corrected chi connectivity index (χ0v) is 10.6. The van der Waals surface area contributed by atoms with E-state index in [2.05, 4.69) is 10.3 Å². The molecule has 0 aliphatic rings. The van der Waals surface area contributed by atoms with Gasteiger partial charge in [0.05, 0.1) is 17.6 Å². The fraction of sp³-hybridized carbons (Fsp3) is 0.222. The fourth-order valence-corrected chi connectivity index (χ4v) is 0.836. The van der Waals surface area contributed by atoms with E-state index in [1.54, 1.807) is 12.1 Å². The summed E-state index contributed by atoms with van der Waals surface area (Å²) in [5.74, 6) is -1.79. The van der Waals surface area contributed by atoms with Gasteiger partial charge in [-0.05, 0) is 19.1 Å². The van der Waals surface area contributed by atoms with Crippen LogP contribution in [-0.4, -0.2) is 22.9 Å². The summed E-state index contributed by atoms with van der Waals surface area (Å²) in [6.07, 6.45) is 2.89. The molecule has 1 rings (SSSR count). The molecule has 1 heterocycles. The molecule has 0 radical (unpaired) electrons. The number of nitrogens with zero attached hydrogens (tertiary/aromatic N) is 1. The van der Waals surface area contributed by atoms with Crippen LogP contribution >= 0.6 is 0 Å². The minimum Gasteiger partial charge on any atom is -0.548 e. The number of aromatic nitrogens is 1. The largest absolute Gasteiger partial charge is 1.00 e. The third-order valence-electron chi connectivity index (χ3n) is 1.62. The average Bonchev–Trinajstić information content (AvgIpc) is 2.19. The molecule has 0 saturated heterocycles. The third-order valence-corrected chi connectivity index (χ3v) is 1.62. The van der Waals surface area contributed by atoms with Crippen molar-refractivity contribution in [2.24, 2.45) is 0 Å². The minimum absolute atomic E-state index is 0. The third kappa shape index (κ3) is 4.42. The molecule has 74 valence electrons. The van der Waals surface area contributed by atoms with E-state index in [4.69, 9.17) is 0 Å². The van der Waals surface area contributed by atoms with Gasteiger partial charge in [-0.15, -0.1) is 0 Å². The van der Waals surface area contributed by atoms with Crippen LogP contribution in [0.25, 0.3) is 0 Å². The number of hydrogen-bond acceptors (Lipinski definition) is 4. The summed E-state index contributed by atoms with van der Waals surface area (Å²) in [7, 11) is 0. The van der Waals surface area contributed by atoms with Crippen molar-refractivity contribution in [2.45, 2.75) is 13.0 Å². The van der Waals surface area contributed by atoms with Crippen LogP contribution < -0.4 is 40.0 Å². The van der Waals surface area contributed by atoms with Gasteiger partial charge in [-0.3, -0.25) is 9.78 Å². The van der Waals surface area contributed by atoms with Crippen LogP contribution in [-0.2, 0) is 4.79 Å². The number of carboxylic acids is 1. The molecule has 0 aliphatic carbocycles. The number of aliphatic carboxylic acids is 1. The van der Waals surface area contributed by atoms with Gasteiger partial charge in [0.25, 0.3) is 5.91 Å². The molecule has 0 aromatic carbocycles. The molecule has 0 bridgehead atoms. The number of nitrogens with one attached hydrogen (secondary N) is 1. The van der Waals surface area contributed by atoms with E-state index in [1.807, 2.05) is 0 Å². The van der Waals surface area contributed by atoms with Crippen molar-refractivity contribution in [2.75, 3.05) is 0 Å². The molecule has 5 nitrogen and oxygen atoms in total. The Labute approximate surface area is 109 Å². The van der Waals surface area contributed by atoms with Gasteiger partial charge < -0.3 is 15.2 Å². The van der Waals surface area contributed by atoms with Crippen molar-refractivity contribution in [1.82, 2.24) is 10.3 Å². The van der Waals surface area contributed by atoms with Crippen molar-refractivity contribution < 1.29 is 44.3 Å². The molecule has 1 atom stereocenters. The Morgan fingerprint density at radius 2 is 2.20 bits per heavy atom.